The third kappa shape index (κ3) is 7.34. The number of ether oxygens (including phenoxy) is 6. The molecule has 9 rings (SSSR count). The summed E-state index contributed by atoms with van der Waals surface area (Å²) in [6.45, 7) is 14.3. The molecule has 3 aliphatic rings. The van der Waals surface area contributed by atoms with Gasteiger partial charge in [0, 0.05) is 77.6 Å². The van der Waals surface area contributed by atoms with Crippen LogP contribution < -0.4 is 19.1 Å². The van der Waals surface area contributed by atoms with Gasteiger partial charge in [-0.05, 0) is 122 Å². The Hall–Kier alpha value is -5.25. The van der Waals surface area contributed by atoms with Crippen LogP contribution in [-0.4, -0.2) is 67.0 Å². The van der Waals surface area contributed by atoms with Crippen LogP contribution in [0.2, 0.25) is 0 Å². The Kier molecular flexibility index (Phi) is 12.1. The molecule has 62 heavy (non-hydrogen) atoms. The quantitative estimate of drug-likeness (QED) is 0.0947. The third-order valence-electron chi connectivity index (χ3n) is 13.1. The lowest BCUT2D eigenvalue weighted by atomic mass is 9.70. The monoisotopic (exact) mass is 847 g/mol. The molecule has 320 valence electrons. The van der Waals surface area contributed by atoms with E-state index in [1.54, 1.807) is 26.0 Å². The summed E-state index contributed by atoms with van der Waals surface area (Å²) < 4.78 is 37.9. The fraction of sp³-hybridized carbons (Fsp3) is 0.333. The van der Waals surface area contributed by atoms with Gasteiger partial charge in [0.2, 0.25) is 0 Å². The molecular weight excluding hydrogens is 791 g/mol. The molecule has 0 spiro atoms. The highest BCUT2D eigenvalue weighted by Crippen LogP contribution is 2.61. The summed E-state index contributed by atoms with van der Waals surface area (Å²) in [5, 5.41) is 2.14. The van der Waals surface area contributed by atoms with Crippen LogP contribution in [0.3, 0.4) is 0 Å². The summed E-state index contributed by atoms with van der Waals surface area (Å²) in [4.78, 5) is 4.69. The van der Waals surface area contributed by atoms with E-state index < -0.39 is 11.0 Å². The number of hydrogen-bond acceptors (Lipinski definition) is 8. The zero-order valence-corrected chi connectivity index (χ0v) is 37.7. The topological polar surface area (TPSA) is 58.6 Å². The van der Waals surface area contributed by atoms with Gasteiger partial charge in [0.15, 0.2) is 5.60 Å². The lowest BCUT2D eigenvalue weighted by Crippen LogP contribution is -2.37. The first kappa shape index (κ1) is 42.1. The highest BCUT2D eigenvalue weighted by atomic mass is 32.2. The highest BCUT2D eigenvalue weighted by molar-refractivity contribution is 7.99. The van der Waals surface area contributed by atoms with Gasteiger partial charge >= 0.3 is 0 Å². The van der Waals surface area contributed by atoms with E-state index in [-0.39, 0.29) is 0 Å². The average Bonchev–Trinajstić information content (AvgIpc) is 3.60. The second-order valence-corrected chi connectivity index (χ2v) is 17.5. The molecule has 2 aliphatic heterocycles. The van der Waals surface area contributed by atoms with E-state index in [4.69, 9.17) is 28.4 Å². The van der Waals surface area contributed by atoms with Crippen LogP contribution in [0, 0.1) is 13.8 Å². The highest BCUT2D eigenvalue weighted by Gasteiger charge is 2.48. The van der Waals surface area contributed by atoms with Gasteiger partial charge in [-0.2, -0.15) is 0 Å². The van der Waals surface area contributed by atoms with Crippen molar-refractivity contribution in [2.24, 2.45) is 0 Å². The Balaban J connectivity index is 1.33. The van der Waals surface area contributed by atoms with Gasteiger partial charge in [0.25, 0.3) is 0 Å². The van der Waals surface area contributed by atoms with E-state index in [2.05, 4.69) is 136 Å². The summed E-state index contributed by atoms with van der Waals surface area (Å²) in [5.74, 6) is 2.43. The first-order valence-corrected chi connectivity index (χ1v) is 22.8. The minimum absolute atomic E-state index is 0.401. The van der Waals surface area contributed by atoms with E-state index in [9.17, 15) is 0 Å². The zero-order valence-electron chi connectivity index (χ0n) is 36.8. The SMILES string of the molecule is CCOCCC1(CCOCC)c2ccccc2-c2c1c1c(c3cc(OC)c(Sc4c(C)cccc4C)cc23)OC(c2ccc(OC)cc2)(c2ccc(N3CCOCC3)cc2)C=C1. The van der Waals surface area contributed by atoms with Crippen molar-refractivity contribution in [3.8, 4) is 28.4 Å². The van der Waals surface area contributed by atoms with Crippen LogP contribution >= 0.6 is 11.8 Å². The Bertz CT molecular complexity index is 2570. The standard InChI is InChI=1S/C54H57NO6S/c1-7-58-30-26-53(27-31-59-8-2)46-15-10-9-14-42(46)49-44-35-48(62-52-36(3)12-11-13-37(52)4)47(57-6)34-45(44)51-43(50(49)53)24-25-54(61-51,39-18-22-41(56-5)23-19-39)38-16-20-40(21-17-38)55-28-32-60-33-29-55/h9-25,34-35H,7-8,26-33H2,1-6H3. The normalized spacial score (nSPS) is 17.4. The van der Waals surface area contributed by atoms with E-state index in [1.807, 2.05) is 12.1 Å². The molecule has 0 radical (unpaired) electrons. The average molecular weight is 848 g/mol. The molecule has 8 heteroatoms. The number of methoxy groups -OCH3 is 2. The van der Waals surface area contributed by atoms with Crippen molar-refractivity contribution in [2.75, 3.05) is 71.9 Å². The summed E-state index contributed by atoms with van der Waals surface area (Å²) >= 11 is 1.77. The predicted molar refractivity (Wildman–Crippen MR) is 252 cm³/mol. The molecule has 6 aromatic rings. The van der Waals surface area contributed by atoms with Crippen molar-refractivity contribution in [1.29, 1.82) is 0 Å². The summed E-state index contributed by atoms with van der Waals surface area (Å²) in [5.41, 5.74) is 10.5. The first-order valence-electron chi connectivity index (χ1n) is 22.0. The molecule has 0 aromatic heterocycles. The molecule has 1 aliphatic carbocycles. The fourth-order valence-corrected chi connectivity index (χ4v) is 11.1. The fourth-order valence-electron chi connectivity index (χ4n) is 9.97. The van der Waals surface area contributed by atoms with Gasteiger partial charge in [-0.25, -0.2) is 0 Å². The minimum atomic E-state index is -0.965. The maximum atomic E-state index is 7.84. The number of morpholine rings is 1. The molecule has 1 unspecified atom stereocenters. The molecule has 1 fully saturated rings. The van der Waals surface area contributed by atoms with Crippen molar-refractivity contribution in [3.63, 3.8) is 0 Å². The molecule has 1 atom stereocenters. The van der Waals surface area contributed by atoms with Crippen LogP contribution in [0.5, 0.6) is 17.2 Å². The number of anilines is 1. The number of aryl methyl sites for hydroxylation is 2. The number of fused-ring (bicyclic) bond motifs is 8. The molecule has 0 amide bonds. The van der Waals surface area contributed by atoms with Gasteiger partial charge in [0.1, 0.15) is 17.2 Å². The summed E-state index contributed by atoms with van der Waals surface area (Å²) in [6, 6.07) is 37.3. The van der Waals surface area contributed by atoms with Gasteiger partial charge in [-0.15, -0.1) is 0 Å². The molecule has 6 aromatic carbocycles. The summed E-state index contributed by atoms with van der Waals surface area (Å²) in [7, 11) is 3.48. The van der Waals surface area contributed by atoms with E-state index >= 15 is 0 Å². The second-order valence-electron chi connectivity index (χ2n) is 16.4. The Morgan fingerprint density at radius 3 is 2.03 bits per heavy atom. The lowest BCUT2D eigenvalue weighted by Gasteiger charge is -2.40. The van der Waals surface area contributed by atoms with Crippen LogP contribution in [0.4, 0.5) is 5.69 Å². The van der Waals surface area contributed by atoms with Crippen molar-refractivity contribution in [1.82, 2.24) is 0 Å². The second kappa shape index (κ2) is 17.9. The van der Waals surface area contributed by atoms with Gasteiger partial charge in [0.05, 0.1) is 32.3 Å². The van der Waals surface area contributed by atoms with Crippen LogP contribution in [0.15, 0.2) is 119 Å². The predicted octanol–water partition coefficient (Wildman–Crippen LogP) is 11.9. The molecule has 0 bridgehead atoms. The van der Waals surface area contributed by atoms with E-state index in [0.717, 1.165) is 88.8 Å². The van der Waals surface area contributed by atoms with Crippen molar-refractivity contribution in [3.05, 3.63) is 148 Å². The van der Waals surface area contributed by atoms with Crippen LogP contribution in [-0.2, 0) is 25.2 Å². The molecular formula is C54H57NO6S. The number of nitrogens with zero attached hydrogens (tertiary/aromatic N) is 1. The number of hydrogen-bond donors (Lipinski definition) is 0. The summed E-state index contributed by atoms with van der Waals surface area (Å²) in [6.07, 6.45) is 6.21. The molecule has 7 nitrogen and oxygen atoms in total. The van der Waals surface area contributed by atoms with Crippen molar-refractivity contribution in [2.45, 2.75) is 61.3 Å². The van der Waals surface area contributed by atoms with Gasteiger partial charge in [-0.3, -0.25) is 0 Å². The smallest absolute Gasteiger partial charge is 0.178 e. The maximum Gasteiger partial charge on any atom is 0.178 e. The zero-order chi connectivity index (χ0) is 42.8. The molecule has 0 N–H and O–H groups in total. The molecule has 2 heterocycles. The Labute approximate surface area is 370 Å². The number of rotatable bonds is 15. The van der Waals surface area contributed by atoms with Crippen LogP contribution in [0.1, 0.15) is 65.6 Å². The lowest BCUT2D eigenvalue weighted by molar-refractivity contribution is 0.105. The maximum absolute atomic E-state index is 7.84. The van der Waals surface area contributed by atoms with Crippen LogP contribution in [0.25, 0.3) is 28.0 Å². The first-order chi connectivity index (χ1) is 30.4. The Morgan fingerprint density at radius 2 is 1.39 bits per heavy atom. The molecule has 0 saturated carbocycles. The molecule has 1 saturated heterocycles. The van der Waals surface area contributed by atoms with E-state index in [1.165, 1.54) is 44.0 Å². The largest absolute Gasteiger partial charge is 0.497 e. The third-order valence-corrected chi connectivity index (χ3v) is 14.5. The number of benzene rings is 6. The minimum Gasteiger partial charge on any atom is -0.497 e. The Morgan fingerprint density at radius 1 is 0.726 bits per heavy atom. The van der Waals surface area contributed by atoms with Gasteiger partial charge < -0.3 is 33.3 Å². The van der Waals surface area contributed by atoms with Crippen molar-refractivity contribution >= 4 is 34.3 Å². The van der Waals surface area contributed by atoms with E-state index in [0.29, 0.717) is 26.4 Å². The van der Waals surface area contributed by atoms with Gasteiger partial charge in [-0.1, -0.05) is 84.6 Å². The van der Waals surface area contributed by atoms with Crippen molar-refractivity contribution < 1.29 is 28.4 Å².